The van der Waals surface area contributed by atoms with Gasteiger partial charge in [-0.05, 0) is 24.6 Å². The minimum Gasteiger partial charge on any atom is -0.487 e. The molecule has 0 radical (unpaired) electrons. The van der Waals surface area contributed by atoms with Crippen LogP contribution in [0.2, 0.25) is 5.02 Å². The quantitative estimate of drug-likeness (QED) is 0.861. The number of pyridine rings is 1. The van der Waals surface area contributed by atoms with E-state index >= 15 is 0 Å². The number of para-hydroxylation sites is 1. The van der Waals surface area contributed by atoms with Gasteiger partial charge in [-0.25, -0.2) is 4.98 Å². The van der Waals surface area contributed by atoms with Crippen LogP contribution in [0.4, 0.5) is 5.82 Å². The smallest absolute Gasteiger partial charge is 0.138 e. The Bertz CT molecular complexity index is 514. The molecule has 0 aliphatic rings. The number of halogens is 1. The summed E-state index contributed by atoms with van der Waals surface area (Å²) in [6.45, 7) is 3.52. The molecule has 2 rings (SSSR count). The second kappa shape index (κ2) is 7.00. The number of rotatable bonds is 6. The van der Waals surface area contributed by atoms with E-state index in [-0.39, 0.29) is 0 Å². The predicted octanol–water partition coefficient (Wildman–Crippen LogP) is 4.14. The van der Waals surface area contributed by atoms with Gasteiger partial charge < -0.3 is 10.1 Å². The lowest BCUT2D eigenvalue weighted by molar-refractivity contribution is 0.306. The zero-order chi connectivity index (χ0) is 13.5. The molecule has 0 aliphatic carbocycles. The van der Waals surface area contributed by atoms with Gasteiger partial charge in [0.2, 0.25) is 0 Å². The SMILES string of the molecule is CCCNc1ccc(COc2ccccc2Cl)cn1. The van der Waals surface area contributed by atoms with Gasteiger partial charge in [0.05, 0.1) is 5.02 Å². The summed E-state index contributed by atoms with van der Waals surface area (Å²) in [6, 6.07) is 11.4. The summed E-state index contributed by atoms with van der Waals surface area (Å²) in [5.74, 6) is 1.58. The molecule has 0 aliphatic heterocycles. The molecule has 1 heterocycles. The average Bonchev–Trinajstić information content (AvgIpc) is 2.45. The Kier molecular flexibility index (Phi) is 5.04. The fourth-order valence-electron chi connectivity index (χ4n) is 1.59. The van der Waals surface area contributed by atoms with Gasteiger partial charge in [0.15, 0.2) is 0 Å². The number of ether oxygens (including phenoxy) is 1. The molecule has 0 saturated heterocycles. The van der Waals surface area contributed by atoms with Crippen LogP contribution in [0.1, 0.15) is 18.9 Å². The summed E-state index contributed by atoms with van der Waals surface area (Å²) in [7, 11) is 0. The molecule has 0 unspecified atom stereocenters. The third-order valence-electron chi connectivity index (χ3n) is 2.61. The second-order valence-electron chi connectivity index (χ2n) is 4.20. The molecular weight excluding hydrogens is 260 g/mol. The van der Waals surface area contributed by atoms with E-state index in [2.05, 4.69) is 17.2 Å². The lowest BCUT2D eigenvalue weighted by atomic mass is 10.3. The number of nitrogens with zero attached hydrogens (tertiary/aromatic N) is 1. The Morgan fingerprint density at radius 1 is 1.21 bits per heavy atom. The first-order chi connectivity index (χ1) is 9.29. The van der Waals surface area contributed by atoms with Crippen molar-refractivity contribution < 1.29 is 4.74 Å². The Hall–Kier alpha value is -1.74. The van der Waals surface area contributed by atoms with Crippen molar-refractivity contribution in [2.45, 2.75) is 20.0 Å². The van der Waals surface area contributed by atoms with Gasteiger partial charge in [-0.2, -0.15) is 0 Å². The van der Waals surface area contributed by atoms with E-state index in [4.69, 9.17) is 16.3 Å². The van der Waals surface area contributed by atoms with Crippen LogP contribution < -0.4 is 10.1 Å². The van der Waals surface area contributed by atoms with Gasteiger partial charge in [0.25, 0.3) is 0 Å². The minimum atomic E-state index is 0.463. The van der Waals surface area contributed by atoms with Crippen molar-refractivity contribution in [2.24, 2.45) is 0 Å². The van der Waals surface area contributed by atoms with E-state index < -0.39 is 0 Å². The maximum atomic E-state index is 6.02. The Balaban J connectivity index is 1.91. The number of nitrogens with one attached hydrogen (secondary N) is 1. The predicted molar refractivity (Wildman–Crippen MR) is 78.8 cm³/mol. The molecule has 2 aromatic rings. The third kappa shape index (κ3) is 4.14. The van der Waals surface area contributed by atoms with E-state index in [1.54, 1.807) is 0 Å². The van der Waals surface area contributed by atoms with E-state index in [0.717, 1.165) is 24.3 Å². The largest absolute Gasteiger partial charge is 0.487 e. The monoisotopic (exact) mass is 276 g/mol. The molecule has 100 valence electrons. The third-order valence-corrected chi connectivity index (χ3v) is 2.92. The van der Waals surface area contributed by atoms with Gasteiger partial charge in [-0.15, -0.1) is 0 Å². The average molecular weight is 277 g/mol. The van der Waals surface area contributed by atoms with Crippen molar-refractivity contribution in [3.8, 4) is 5.75 Å². The van der Waals surface area contributed by atoms with Crippen molar-refractivity contribution in [1.82, 2.24) is 4.98 Å². The highest BCUT2D eigenvalue weighted by Crippen LogP contribution is 2.24. The highest BCUT2D eigenvalue weighted by molar-refractivity contribution is 6.32. The maximum Gasteiger partial charge on any atom is 0.138 e. The number of benzene rings is 1. The number of aromatic nitrogens is 1. The summed E-state index contributed by atoms with van der Waals surface area (Å²) in [5.41, 5.74) is 1.02. The molecule has 1 aromatic carbocycles. The minimum absolute atomic E-state index is 0.463. The maximum absolute atomic E-state index is 6.02. The first kappa shape index (κ1) is 13.7. The summed E-state index contributed by atoms with van der Waals surface area (Å²) in [5, 5.41) is 3.85. The van der Waals surface area contributed by atoms with E-state index in [9.17, 15) is 0 Å². The molecule has 1 aromatic heterocycles. The zero-order valence-electron chi connectivity index (χ0n) is 10.9. The topological polar surface area (TPSA) is 34.1 Å². The van der Waals surface area contributed by atoms with Gasteiger partial charge in [0, 0.05) is 18.3 Å². The van der Waals surface area contributed by atoms with Gasteiger partial charge >= 0.3 is 0 Å². The molecule has 4 heteroatoms. The van der Waals surface area contributed by atoms with Crippen molar-refractivity contribution in [2.75, 3.05) is 11.9 Å². The first-order valence-electron chi connectivity index (χ1n) is 6.35. The number of hydrogen-bond acceptors (Lipinski definition) is 3. The normalized spacial score (nSPS) is 10.2. The van der Waals surface area contributed by atoms with Crippen molar-refractivity contribution >= 4 is 17.4 Å². The van der Waals surface area contributed by atoms with Gasteiger partial charge in [-0.3, -0.25) is 0 Å². The van der Waals surface area contributed by atoms with Gasteiger partial charge in [0.1, 0.15) is 18.2 Å². The molecule has 3 nitrogen and oxygen atoms in total. The highest BCUT2D eigenvalue weighted by Gasteiger charge is 2.01. The lowest BCUT2D eigenvalue weighted by Gasteiger charge is -2.08. The van der Waals surface area contributed by atoms with Crippen molar-refractivity contribution in [1.29, 1.82) is 0 Å². The van der Waals surface area contributed by atoms with Crippen LogP contribution in [-0.4, -0.2) is 11.5 Å². The molecule has 19 heavy (non-hydrogen) atoms. The first-order valence-corrected chi connectivity index (χ1v) is 6.73. The van der Waals surface area contributed by atoms with Crippen LogP contribution in [-0.2, 0) is 6.61 Å². The van der Waals surface area contributed by atoms with E-state index in [1.807, 2.05) is 42.6 Å². The highest BCUT2D eigenvalue weighted by atomic mass is 35.5. The molecule has 0 saturated carbocycles. The van der Waals surface area contributed by atoms with Crippen LogP contribution in [0.3, 0.4) is 0 Å². The fraction of sp³-hybridized carbons (Fsp3) is 0.267. The molecule has 0 amide bonds. The molecule has 1 N–H and O–H groups in total. The molecular formula is C15H17ClN2O. The molecule has 0 spiro atoms. The Morgan fingerprint density at radius 2 is 2.05 bits per heavy atom. The van der Waals surface area contributed by atoms with Crippen LogP contribution in [0.5, 0.6) is 5.75 Å². The number of hydrogen-bond donors (Lipinski definition) is 1. The fourth-order valence-corrected chi connectivity index (χ4v) is 1.78. The van der Waals surface area contributed by atoms with Crippen LogP contribution in [0.25, 0.3) is 0 Å². The Morgan fingerprint density at radius 3 is 2.74 bits per heavy atom. The standard InChI is InChI=1S/C15H17ClN2O/c1-2-9-17-15-8-7-12(10-18-15)11-19-14-6-4-3-5-13(14)16/h3-8,10H,2,9,11H2,1H3,(H,17,18). The van der Waals surface area contributed by atoms with Crippen LogP contribution in [0.15, 0.2) is 42.6 Å². The second-order valence-corrected chi connectivity index (χ2v) is 4.60. The summed E-state index contributed by atoms with van der Waals surface area (Å²) in [6.07, 6.45) is 2.90. The van der Waals surface area contributed by atoms with E-state index in [0.29, 0.717) is 17.4 Å². The zero-order valence-corrected chi connectivity index (χ0v) is 11.7. The summed E-state index contributed by atoms with van der Waals surface area (Å²) in [4.78, 5) is 4.33. The molecule has 0 bridgehead atoms. The van der Waals surface area contributed by atoms with Crippen LogP contribution >= 0.6 is 11.6 Å². The number of anilines is 1. The van der Waals surface area contributed by atoms with E-state index in [1.165, 1.54) is 0 Å². The lowest BCUT2D eigenvalue weighted by Crippen LogP contribution is -2.02. The Labute approximate surface area is 118 Å². The van der Waals surface area contributed by atoms with Crippen molar-refractivity contribution in [3.05, 3.63) is 53.2 Å². The summed E-state index contributed by atoms with van der Waals surface area (Å²) >= 11 is 6.02. The van der Waals surface area contributed by atoms with Crippen LogP contribution in [0, 0.1) is 0 Å². The van der Waals surface area contributed by atoms with Crippen molar-refractivity contribution in [3.63, 3.8) is 0 Å². The van der Waals surface area contributed by atoms with Gasteiger partial charge in [-0.1, -0.05) is 36.7 Å². The molecule has 0 fully saturated rings. The molecule has 0 atom stereocenters. The summed E-state index contributed by atoms with van der Waals surface area (Å²) < 4.78 is 5.65.